The topological polar surface area (TPSA) is 119 Å². The molecule has 0 saturated carbocycles. The van der Waals surface area contributed by atoms with Gasteiger partial charge in [-0.3, -0.25) is 9.59 Å². The number of carbonyl (C=O) groups excluding carboxylic acids is 3. The first-order valence-corrected chi connectivity index (χ1v) is 15.0. The molecular weight excluding hydrogens is 709 g/mol. The molecule has 0 saturated heterocycles. The summed E-state index contributed by atoms with van der Waals surface area (Å²) in [5.41, 5.74) is 4.78. The Bertz CT molecular complexity index is 2010. The molecule has 5 aromatic rings. The summed E-state index contributed by atoms with van der Waals surface area (Å²) in [4.78, 5) is 40.9. The number of halogens is 4. The summed E-state index contributed by atoms with van der Waals surface area (Å²) in [6.07, 6.45) is 1.33. The molecule has 5 rings (SSSR count). The van der Waals surface area contributed by atoms with Crippen LogP contribution in [0.4, 0.5) is 0 Å². The number of aromatic amines is 1. The number of benzene rings is 4. The molecule has 1 amide bonds. The van der Waals surface area contributed by atoms with Gasteiger partial charge in [0, 0.05) is 43.5 Å². The minimum atomic E-state index is -0.707. The number of fused-ring (bicyclic) bond motifs is 1. The van der Waals surface area contributed by atoms with Crippen molar-refractivity contribution in [3.63, 3.8) is 0 Å². The lowest BCUT2D eigenvalue weighted by Crippen LogP contribution is -2.19. The maximum absolute atomic E-state index is 13.5. The number of H-pyrrole nitrogens is 1. The lowest BCUT2D eigenvalue weighted by atomic mass is 10.0. The van der Waals surface area contributed by atoms with Gasteiger partial charge >= 0.3 is 11.9 Å². The second kappa shape index (κ2) is 13.7. The molecule has 0 bridgehead atoms. The van der Waals surface area contributed by atoms with Crippen LogP contribution in [0.15, 0.2) is 82.4 Å². The number of carbonyl (C=O) groups is 3. The Kier molecular flexibility index (Phi) is 9.79. The van der Waals surface area contributed by atoms with E-state index < -0.39 is 17.8 Å². The average Bonchev–Trinajstić information content (AvgIpc) is 3.38. The van der Waals surface area contributed by atoms with Gasteiger partial charge in [0.25, 0.3) is 5.91 Å². The summed E-state index contributed by atoms with van der Waals surface area (Å²) in [5, 5.41) is 5.86. The van der Waals surface area contributed by atoms with Crippen LogP contribution in [0, 0.1) is 0 Å². The number of rotatable bonds is 8. The van der Waals surface area contributed by atoms with Crippen molar-refractivity contribution >= 4 is 85.7 Å². The van der Waals surface area contributed by atoms with Crippen LogP contribution < -0.4 is 19.6 Å². The zero-order valence-electron chi connectivity index (χ0n) is 23.4. The number of methoxy groups -OCH3 is 1. The van der Waals surface area contributed by atoms with E-state index in [4.69, 9.17) is 49.0 Å². The summed E-state index contributed by atoms with van der Waals surface area (Å²) < 4.78 is 16.6. The third-order valence-electron chi connectivity index (χ3n) is 6.39. The number of hydrogen-bond donors (Lipinski definition) is 2. The van der Waals surface area contributed by atoms with Gasteiger partial charge in [0.1, 0.15) is 11.4 Å². The number of nitrogens with zero attached hydrogens (tertiary/aromatic N) is 1. The van der Waals surface area contributed by atoms with E-state index in [-0.39, 0.29) is 28.5 Å². The van der Waals surface area contributed by atoms with E-state index in [0.717, 1.165) is 0 Å². The molecule has 0 aliphatic heterocycles. The zero-order valence-corrected chi connectivity index (χ0v) is 27.3. The molecule has 0 aliphatic rings. The van der Waals surface area contributed by atoms with E-state index in [1.165, 1.54) is 38.4 Å². The monoisotopic (exact) mass is 727 g/mol. The van der Waals surface area contributed by atoms with Crippen molar-refractivity contribution in [3.05, 3.63) is 109 Å². The molecule has 4 aromatic carbocycles. The van der Waals surface area contributed by atoms with Gasteiger partial charge in [0.2, 0.25) is 0 Å². The van der Waals surface area contributed by atoms with Gasteiger partial charge < -0.3 is 19.2 Å². The number of nitrogens with one attached hydrogen (secondary N) is 2. The zero-order chi connectivity index (χ0) is 32.2. The van der Waals surface area contributed by atoms with E-state index in [0.29, 0.717) is 47.1 Å². The Labute approximate surface area is 280 Å². The second-order valence-corrected chi connectivity index (χ2v) is 11.6. The molecule has 2 N–H and O–H groups in total. The first kappa shape index (κ1) is 32.1. The number of amides is 1. The number of esters is 2. The van der Waals surface area contributed by atoms with Gasteiger partial charge in [0.05, 0.1) is 29.4 Å². The van der Waals surface area contributed by atoms with Crippen molar-refractivity contribution in [3.8, 4) is 28.4 Å². The van der Waals surface area contributed by atoms with Crippen molar-refractivity contribution in [2.75, 3.05) is 7.11 Å². The van der Waals surface area contributed by atoms with Gasteiger partial charge in [-0.2, -0.15) is 5.10 Å². The van der Waals surface area contributed by atoms with Crippen LogP contribution in [0.25, 0.3) is 22.0 Å². The number of aromatic nitrogens is 1. The maximum Gasteiger partial charge on any atom is 0.343 e. The number of hydrazone groups is 1. The molecule has 45 heavy (non-hydrogen) atoms. The molecule has 0 atom stereocenters. The Morgan fingerprint density at radius 1 is 0.889 bits per heavy atom. The Balaban J connectivity index is 1.42. The van der Waals surface area contributed by atoms with Crippen LogP contribution in [-0.2, 0) is 4.79 Å². The van der Waals surface area contributed by atoms with Crippen LogP contribution >= 0.6 is 50.7 Å². The summed E-state index contributed by atoms with van der Waals surface area (Å²) in [6, 6.07) is 19.5. The lowest BCUT2D eigenvalue weighted by molar-refractivity contribution is -0.132. The predicted molar refractivity (Wildman–Crippen MR) is 177 cm³/mol. The second-order valence-electron chi connectivity index (χ2n) is 9.40. The third kappa shape index (κ3) is 7.15. The van der Waals surface area contributed by atoms with E-state index in [2.05, 4.69) is 31.4 Å². The van der Waals surface area contributed by atoms with Crippen molar-refractivity contribution in [1.29, 1.82) is 0 Å². The molecule has 0 aliphatic carbocycles. The molecule has 0 spiro atoms. The molecule has 228 valence electrons. The number of ether oxygens (including phenoxy) is 3. The van der Waals surface area contributed by atoms with E-state index in [1.54, 1.807) is 54.6 Å². The van der Waals surface area contributed by atoms with Crippen LogP contribution in [0.1, 0.15) is 33.3 Å². The molecule has 9 nitrogen and oxygen atoms in total. The largest absolute Gasteiger partial charge is 0.493 e. The smallest absolute Gasteiger partial charge is 0.343 e. The van der Waals surface area contributed by atoms with E-state index in [1.807, 2.05) is 0 Å². The quantitative estimate of drug-likeness (QED) is 0.0716. The van der Waals surface area contributed by atoms with Gasteiger partial charge in [-0.25, -0.2) is 10.2 Å². The molecular formula is C32H21BrCl3N3O6. The van der Waals surface area contributed by atoms with Gasteiger partial charge in [-0.1, -0.05) is 68.9 Å². The summed E-state index contributed by atoms with van der Waals surface area (Å²) in [7, 11) is 1.38. The molecule has 0 radical (unpaired) electrons. The number of hydrogen-bond acceptors (Lipinski definition) is 7. The Morgan fingerprint density at radius 3 is 2.38 bits per heavy atom. The normalized spacial score (nSPS) is 11.1. The van der Waals surface area contributed by atoms with Crippen LogP contribution in [0.3, 0.4) is 0 Å². The molecule has 0 unspecified atom stereocenters. The van der Waals surface area contributed by atoms with E-state index in [9.17, 15) is 14.4 Å². The van der Waals surface area contributed by atoms with Crippen LogP contribution in [0.2, 0.25) is 15.1 Å². The molecule has 13 heteroatoms. The summed E-state index contributed by atoms with van der Waals surface area (Å²) in [5.74, 6) is -1.33. The minimum absolute atomic E-state index is 0.145. The highest BCUT2D eigenvalue weighted by atomic mass is 79.9. The average molecular weight is 730 g/mol. The molecule has 1 aromatic heterocycles. The third-order valence-corrected chi connectivity index (χ3v) is 7.73. The predicted octanol–water partition coefficient (Wildman–Crippen LogP) is 8.47. The van der Waals surface area contributed by atoms with Crippen molar-refractivity contribution in [1.82, 2.24) is 10.4 Å². The molecule has 0 fully saturated rings. The van der Waals surface area contributed by atoms with Gasteiger partial charge in [-0.05, 0) is 54.6 Å². The Morgan fingerprint density at radius 2 is 1.64 bits per heavy atom. The van der Waals surface area contributed by atoms with Crippen molar-refractivity contribution < 1.29 is 28.6 Å². The Hall–Kier alpha value is -4.35. The molecule has 1 heterocycles. The maximum atomic E-state index is 13.5. The van der Waals surface area contributed by atoms with Gasteiger partial charge in [-0.15, -0.1) is 0 Å². The minimum Gasteiger partial charge on any atom is -0.493 e. The summed E-state index contributed by atoms with van der Waals surface area (Å²) >= 11 is 22.6. The fourth-order valence-electron chi connectivity index (χ4n) is 4.46. The highest BCUT2D eigenvalue weighted by Crippen LogP contribution is 2.40. The fraction of sp³-hybridized carbons (Fsp3) is 0.0625. The van der Waals surface area contributed by atoms with Crippen LogP contribution in [-0.4, -0.2) is 36.2 Å². The first-order chi connectivity index (χ1) is 21.5. The lowest BCUT2D eigenvalue weighted by Gasteiger charge is -2.11. The van der Waals surface area contributed by atoms with Gasteiger partial charge in [0.15, 0.2) is 11.5 Å². The SMILES string of the molecule is COc1cc(C(=O)Oc2ccc(Br)cc2C=NNC(=O)c2[nH]c3c(Cl)cc(Cl)cc3c2-c2ccccc2Cl)ccc1OC(C)=O. The van der Waals surface area contributed by atoms with Crippen molar-refractivity contribution in [2.45, 2.75) is 6.92 Å². The highest BCUT2D eigenvalue weighted by Gasteiger charge is 2.23. The van der Waals surface area contributed by atoms with E-state index >= 15 is 0 Å². The fourth-order valence-corrected chi connectivity index (χ4v) is 5.61. The first-order valence-electron chi connectivity index (χ1n) is 13.0. The standard InChI is InChI=1S/C32H21BrCl3N3O6/c1-16(40)44-26-9-7-17(12-27(26)43-2)32(42)45-25-10-8-19(33)11-18(25)15-37-39-31(41)30-28(21-5-3-4-6-23(21)35)22-13-20(34)14-24(36)29(22)38-30/h3-15,38H,1-2H3,(H,39,41). The highest BCUT2D eigenvalue weighted by molar-refractivity contribution is 9.10. The summed E-state index contributed by atoms with van der Waals surface area (Å²) in [6.45, 7) is 1.25. The van der Waals surface area contributed by atoms with Crippen molar-refractivity contribution in [2.24, 2.45) is 5.10 Å². The van der Waals surface area contributed by atoms with Crippen LogP contribution in [0.5, 0.6) is 17.2 Å².